The minimum atomic E-state index is -0.721. The van der Waals surface area contributed by atoms with Crippen molar-refractivity contribution < 1.29 is 9.50 Å². The number of halogens is 1. The summed E-state index contributed by atoms with van der Waals surface area (Å²) >= 11 is 1.11. The average molecular weight is 239 g/mol. The fourth-order valence-corrected chi connectivity index (χ4v) is 2.22. The zero-order valence-electron chi connectivity index (χ0n) is 8.51. The van der Waals surface area contributed by atoms with Crippen LogP contribution in [0.15, 0.2) is 34.6 Å². The van der Waals surface area contributed by atoms with E-state index in [-0.39, 0.29) is 5.82 Å². The third-order valence-corrected chi connectivity index (χ3v) is 3.06. The van der Waals surface area contributed by atoms with Gasteiger partial charge < -0.3 is 5.11 Å². The number of aromatic amines is 1. The Hall–Kier alpha value is -1.40. The molecule has 2 aromatic rings. The first kappa shape index (κ1) is 11.1. The standard InChI is InChI=1S/C10H10FN3OS/c1-6(15)7-3-2-4-8(11)9(7)16-10-12-5-13-14-10/h2-6,15H,1H3,(H,12,13,14)/t6-/m1/s1. The number of hydrogen-bond donors (Lipinski definition) is 2. The monoisotopic (exact) mass is 239 g/mol. The zero-order chi connectivity index (χ0) is 11.5. The van der Waals surface area contributed by atoms with E-state index in [0.29, 0.717) is 15.6 Å². The van der Waals surface area contributed by atoms with Crippen molar-refractivity contribution in [3.8, 4) is 0 Å². The minimum absolute atomic E-state index is 0.370. The molecule has 0 saturated heterocycles. The Morgan fingerprint density at radius 3 is 2.94 bits per heavy atom. The molecule has 0 amide bonds. The van der Waals surface area contributed by atoms with Crippen molar-refractivity contribution in [3.05, 3.63) is 35.9 Å². The van der Waals surface area contributed by atoms with Gasteiger partial charge in [0.05, 0.1) is 11.0 Å². The second-order valence-corrected chi connectivity index (χ2v) is 4.23. The van der Waals surface area contributed by atoms with Crippen LogP contribution in [-0.4, -0.2) is 20.3 Å². The summed E-state index contributed by atoms with van der Waals surface area (Å²) in [4.78, 5) is 4.27. The highest BCUT2D eigenvalue weighted by Gasteiger charge is 2.14. The van der Waals surface area contributed by atoms with Gasteiger partial charge in [0.25, 0.3) is 0 Å². The van der Waals surface area contributed by atoms with E-state index in [1.165, 1.54) is 12.4 Å². The van der Waals surface area contributed by atoms with Crippen LogP contribution >= 0.6 is 11.8 Å². The third kappa shape index (κ3) is 2.23. The first-order chi connectivity index (χ1) is 7.68. The van der Waals surface area contributed by atoms with Gasteiger partial charge in [-0.3, -0.25) is 5.10 Å². The van der Waals surface area contributed by atoms with Crippen LogP contribution in [0.4, 0.5) is 4.39 Å². The molecule has 84 valence electrons. The number of aliphatic hydroxyl groups excluding tert-OH is 1. The zero-order valence-corrected chi connectivity index (χ0v) is 9.33. The molecule has 0 aliphatic rings. The maximum atomic E-state index is 13.6. The van der Waals surface area contributed by atoms with Crippen molar-refractivity contribution in [2.75, 3.05) is 0 Å². The minimum Gasteiger partial charge on any atom is -0.389 e. The molecule has 0 fully saturated rings. The predicted molar refractivity (Wildman–Crippen MR) is 57.5 cm³/mol. The van der Waals surface area contributed by atoms with Crippen molar-refractivity contribution in [2.24, 2.45) is 0 Å². The molecule has 0 radical (unpaired) electrons. The summed E-state index contributed by atoms with van der Waals surface area (Å²) in [5.41, 5.74) is 0.543. The maximum Gasteiger partial charge on any atom is 0.188 e. The van der Waals surface area contributed by atoms with Crippen molar-refractivity contribution in [3.63, 3.8) is 0 Å². The number of aliphatic hydroxyl groups is 1. The number of benzene rings is 1. The SMILES string of the molecule is C[C@@H](O)c1cccc(F)c1Sc1ncn[nH]1. The van der Waals surface area contributed by atoms with E-state index in [0.717, 1.165) is 11.8 Å². The van der Waals surface area contributed by atoms with Gasteiger partial charge in [-0.25, -0.2) is 9.37 Å². The Kier molecular flexibility index (Phi) is 3.21. The molecule has 0 aliphatic carbocycles. The van der Waals surface area contributed by atoms with Gasteiger partial charge in [-0.2, -0.15) is 5.10 Å². The molecule has 0 saturated carbocycles. The Morgan fingerprint density at radius 1 is 1.50 bits per heavy atom. The van der Waals surface area contributed by atoms with Crippen LogP contribution in [0.1, 0.15) is 18.6 Å². The van der Waals surface area contributed by atoms with E-state index in [1.807, 2.05) is 0 Å². The number of nitrogens with zero attached hydrogens (tertiary/aromatic N) is 2. The molecule has 0 unspecified atom stereocenters. The summed E-state index contributed by atoms with van der Waals surface area (Å²) in [5, 5.41) is 16.3. The molecule has 0 spiro atoms. The Morgan fingerprint density at radius 2 is 2.31 bits per heavy atom. The molecule has 6 heteroatoms. The van der Waals surface area contributed by atoms with Crippen LogP contribution in [0.25, 0.3) is 0 Å². The molecule has 2 N–H and O–H groups in total. The number of aromatic nitrogens is 3. The van der Waals surface area contributed by atoms with Crippen LogP contribution in [0.2, 0.25) is 0 Å². The predicted octanol–water partition coefficient (Wildman–Crippen LogP) is 2.15. The van der Waals surface area contributed by atoms with Crippen molar-refractivity contribution >= 4 is 11.8 Å². The van der Waals surface area contributed by atoms with E-state index in [4.69, 9.17) is 0 Å². The third-order valence-electron chi connectivity index (χ3n) is 2.04. The molecule has 2 rings (SSSR count). The molecule has 1 aromatic carbocycles. The lowest BCUT2D eigenvalue weighted by atomic mass is 10.1. The van der Waals surface area contributed by atoms with Gasteiger partial charge in [-0.15, -0.1) is 0 Å². The van der Waals surface area contributed by atoms with E-state index in [1.54, 1.807) is 19.1 Å². The largest absolute Gasteiger partial charge is 0.389 e. The average Bonchev–Trinajstić information content (AvgIpc) is 2.73. The van der Waals surface area contributed by atoms with Gasteiger partial charge in [0, 0.05) is 0 Å². The lowest BCUT2D eigenvalue weighted by Gasteiger charge is -2.10. The second-order valence-electron chi connectivity index (χ2n) is 3.23. The van der Waals surface area contributed by atoms with Gasteiger partial charge in [-0.1, -0.05) is 12.1 Å². The van der Waals surface area contributed by atoms with Crippen LogP contribution < -0.4 is 0 Å². The molecule has 0 aliphatic heterocycles. The first-order valence-corrected chi connectivity index (χ1v) is 5.50. The highest BCUT2D eigenvalue weighted by molar-refractivity contribution is 7.99. The lowest BCUT2D eigenvalue weighted by Crippen LogP contribution is -1.96. The quantitative estimate of drug-likeness (QED) is 0.861. The van der Waals surface area contributed by atoms with Crippen LogP contribution in [0.5, 0.6) is 0 Å². The highest BCUT2D eigenvalue weighted by Crippen LogP contribution is 2.33. The first-order valence-electron chi connectivity index (χ1n) is 4.68. The van der Waals surface area contributed by atoms with Gasteiger partial charge in [0.15, 0.2) is 5.16 Å². The molecule has 4 nitrogen and oxygen atoms in total. The molecular formula is C10H10FN3OS. The molecule has 1 heterocycles. The Bertz CT molecular complexity index is 473. The molecule has 16 heavy (non-hydrogen) atoms. The van der Waals surface area contributed by atoms with E-state index >= 15 is 0 Å². The topological polar surface area (TPSA) is 61.8 Å². The number of H-pyrrole nitrogens is 1. The number of hydrogen-bond acceptors (Lipinski definition) is 4. The normalized spacial score (nSPS) is 12.7. The van der Waals surface area contributed by atoms with Gasteiger partial charge in [0.2, 0.25) is 0 Å². The summed E-state index contributed by atoms with van der Waals surface area (Å²) < 4.78 is 13.6. The van der Waals surface area contributed by atoms with Gasteiger partial charge >= 0.3 is 0 Å². The van der Waals surface area contributed by atoms with Crippen LogP contribution in [-0.2, 0) is 0 Å². The van der Waals surface area contributed by atoms with Gasteiger partial charge in [0.1, 0.15) is 12.1 Å². The van der Waals surface area contributed by atoms with E-state index in [9.17, 15) is 9.50 Å². The van der Waals surface area contributed by atoms with Crippen molar-refractivity contribution in [1.82, 2.24) is 15.2 Å². The van der Waals surface area contributed by atoms with Gasteiger partial charge in [-0.05, 0) is 30.3 Å². The van der Waals surface area contributed by atoms with Crippen molar-refractivity contribution in [2.45, 2.75) is 23.1 Å². The lowest BCUT2D eigenvalue weighted by molar-refractivity contribution is 0.195. The fraction of sp³-hybridized carbons (Fsp3) is 0.200. The summed E-state index contributed by atoms with van der Waals surface area (Å²) in [6.45, 7) is 1.60. The van der Waals surface area contributed by atoms with Crippen LogP contribution in [0, 0.1) is 5.82 Å². The number of rotatable bonds is 3. The smallest absolute Gasteiger partial charge is 0.188 e. The van der Waals surface area contributed by atoms with Crippen molar-refractivity contribution in [1.29, 1.82) is 0 Å². The van der Waals surface area contributed by atoms with E-state index in [2.05, 4.69) is 15.2 Å². The van der Waals surface area contributed by atoms with Crippen LogP contribution in [0.3, 0.4) is 0 Å². The Balaban J connectivity index is 2.38. The molecule has 1 atom stereocenters. The maximum absolute atomic E-state index is 13.6. The Labute approximate surface area is 95.9 Å². The fourth-order valence-electron chi connectivity index (χ4n) is 1.30. The molecular weight excluding hydrogens is 229 g/mol. The summed E-state index contributed by atoms with van der Waals surface area (Å²) in [5.74, 6) is -0.375. The number of nitrogens with one attached hydrogen (secondary N) is 1. The second kappa shape index (κ2) is 4.63. The molecule has 0 bridgehead atoms. The summed E-state index contributed by atoms with van der Waals surface area (Å²) in [6, 6.07) is 4.61. The summed E-state index contributed by atoms with van der Waals surface area (Å²) in [6.07, 6.45) is 0.631. The highest BCUT2D eigenvalue weighted by atomic mass is 32.2. The molecule has 1 aromatic heterocycles. The summed E-state index contributed by atoms with van der Waals surface area (Å²) in [7, 11) is 0. The van der Waals surface area contributed by atoms with E-state index < -0.39 is 6.10 Å².